The van der Waals surface area contributed by atoms with Crippen molar-refractivity contribution < 1.29 is 22.7 Å². The van der Waals surface area contributed by atoms with Gasteiger partial charge in [-0.1, -0.05) is 0 Å². The maximum Gasteiger partial charge on any atom is 0.243 e. The van der Waals surface area contributed by atoms with Crippen LogP contribution in [0.3, 0.4) is 0 Å². The van der Waals surface area contributed by atoms with Crippen LogP contribution in [0.2, 0.25) is 0 Å². The molecule has 0 aliphatic carbocycles. The molecule has 1 aliphatic heterocycles. The molecule has 1 saturated heterocycles. The van der Waals surface area contributed by atoms with Gasteiger partial charge < -0.3 is 14.8 Å². The highest BCUT2D eigenvalue weighted by atomic mass is 32.2. The number of methoxy groups -OCH3 is 2. The molecule has 164 valence electrons. The first-order valence-electron chi connectivity index (χ1n) is 9.84. The zero-order valence-corrected chi connectivity index (χ0v) is 18.5. The minimum atomic E-state index is -3.66. The van der Waals surface area contributed by atoms with Gasteiger partial charge in [-0.05, 0) is 55.7 Å². The van der Waals surface area contributed by atoms with Gasteiger partial charge in [-0.3, -0.25) is 4.79 Å². The highest BCUT2D eigenvalue weighted by Gasteiger charge is 2.32. The molecule has 2 aromatic rings. The zero-order valence-electron chi connectivity index (χ0n) is 17.7. The van der Waals surface area contributed by atoms with E-state index in [0.29, 0.717) is 35.6 Å². The van der Waals surface area contributed by atoms with Crippen LogP contribution in [0.4, 0.5) is 5.69 Å². The first-order valence-corrected chi connectivity index (χ1v) is 11.3. The summed E-state index contributed by atoms with van der Waals surface area (Å²) in [5.41, 5.74) is 1.88. The van der Waals surface area contributed by atoms with Gasteiger partial charge in [-0.25, -0.2) is 8.42 Å². The second-order valence-corrected chi connectivity index (χ2v) is 9.26. The van der Waals surface area contributed by atoms with Gasteiger partial charge in [0.05, 0.1) is 30.7 Å². The van der Waals surface area contributed by atoms with E-state index in [1.54, 1.807) is 19.2 Å². The van der Waals surface area contributed by atoms with Crippen molar-refractivity contribution in [2.75, 3.05) is 32.6 Å². The number of nitrogens with one attached hydrogen (secondary N) is 1. The number of amides is 1. The van der Waals surface area contributed by atoms with Gasteiger partial charge >= 0.3 is 0 Å². The van der Waals surface area contributed by atoms with Crippen LogP contribution in [0.15, 0.2) is 41.3 Å². The smallest absolute Gasteiger partial charge is 0.243 e. The monoisotopic (exact) mass is 443 g/mol. The van der Waals surface area contributed by atoms with Gasteiger partial charge in [0.25, 0.3) is 0 Å². The molecule has 0 radical (unpaired) electrons. The van der Waals surface area contributed by atoms with Gasteiger partial charge in [0, 0.05) is 30.8 Å². The minimum Gasteiger partial charge on any atom is -0.493 e. The van der Waals surface area contributed by atoms with Crippen LogP contribution in [0.25, 0.3) is 0 Å². The second kappa shape index (κ2) is 9.37. The number of benzene rings is 2. The zero-order chi connectivity index (χ0) is 22.6. The van der Waals surface area contributed by atoms with Crippen molar-refractivity contribution in [1.29, 1.82) is 5.26 Å². The molecular weight excluding hydrogens is 418 g/mol. The summed E-state index contributed by atoms with van der Waals surface area (Å²) >= 11 is 0. The summed E-state index contributed by atoms with van der Waals surface area (Å²) in [4.78, 5) is 12.9. The van der Waals surface area contributed by atoms with Crippen molar-refractivity contribution in [3.63, 3.8) is 0 Å². The Bertz CT molecular complexity index is 1100. The summed E-state index contributed by atoms with van der Waals surface area (Å²) in [7, 11) is -0.575. The van der Waals surface area contributed by atoms with Crippen LogP contribution in [0, 0.1) is 24.2 Å². The van der Waals surface area contributed by atoms with E-state index in [0.717, 1.165) is 5.56 Å². The van der Waals surface area contributed by atoms with Gasteiger partial charge in [0.1, 0.15) is 0 Å². The van der Waals surface area contributed by atoms with E-state index < -0.39 is 10.0 Å². The first kappa shape index (κ1) is 22.6. The second-order valence-electron chi connectivity index (χ2n) is 7.33. The predicted molar refractivity (Wildman–Crippen MR) is 116 cm³/mol. The van der Waals surface area contributed by atoms with E-state index in [-0.39, 0.29) is 29.8 Å². The summed E-state index contributed by atoms with van der Waals surface area (Å²) in [6.45, 7) is 2.38. The summed E-state index contributed by atoms with van der Waals surface area (Å²) < 4.78 is 37.7. The molecule has 1 heterocycles. The number of sulfonamides is 1. The maximum atomic E-state index is 12.8. The molecule has 1 amide bonds. The fourth-order valence-corrected chi connectivity index (χ4v) is 5.03. The maximum absolute atomic E-state index is 12.8. The number of carbonyl (C=O) groups excluding carboxylic acids is 1. The van der Waals surface area contributed by atoms with Crippen LogP contribution in [-0.4, -0.2) is 45.9 Å². The summed E-state index contributed by atoms with van der Waals surface area (Å²) in [5.74, 6) is 0.664. The third kappa shape index (κ3) is 4.81. The predicted octanol–water partition coefficient (Wildman–Crippen LogP) is 2.92. The lowest BCUT2D eigenvalue weighted by Crippen LogP contribution is -2.41. The van der Waals surface area contributed by atoms with E-state index >= 15 is 0 Å². The van der Waals surface area contributed by atoms with Crippen molar-refractivity contribution in [1.82, 2.24) is 4.31 Å². The number of nitrogens with zero attached hydrogens (tertiary/aromatic N) is 2. The topological polar surface area (TPSA) is 109 Å². The van der Waals surface area contributed by atoms with Crippen molar-refractivity contribution in [2.45, 2.75) is 24.7 Å². The molecule has 31 heavy (non-hydrogen) atoms. The Balaban J connectivity index is 1.65. The van der Waals surface area contributed by atoms with Crippen molar-refractivity contribution in [3.8, 4) is 17.6 Å². The third-order valence-corrected chi connectivity index (χ3v) is 7.35. The van der Waals surface area contributed by atoms with Crippen LogP contribution >= 0.6 is 0 Å². The molecule has 1 fully saturated rings. The molecule has 8 nitrogen and oxygen atoms in total. The Morgan fingerprint density at radius 1 is 1.10 bits per heavy atom. The molecule has 0 saturated carbocycles. The minimum absolute atomic E-state index is 0.147. The lowest BCUT2D eigenvalue weighted by atomic mass is 9.97. The van der Waals surface area contributed by atoms with E-state index in [9.17, 15) is 13.2 Å². The molecule has 0 unspecified atom stereocenters. The summed E-state index contributed by atoms with van der Waals surface area (Å²) in [6.07, 6.45) is 0.849. The molecular formula is C22H25N3O5S. The number of hydrogen-bond donors (Lipinski definition) is 1. The molecule has 0 aromatic heterocycles. The third-order valence-electron chi connectivity index (χ3n) is 5.43. The normalized spacial score (nSPS) is 15.2. The average molecular weight is 444 g/mol. The highest BCUT2D eigenvalue weighted by Crippen LogP contribution is 2.33. The van der Waals surface area contributed by atoms with Crippen LogP contribution in [-0.2, 0) is 14.8 Å². The lowest BCUT2D eigenvalue weighted by molar-refractivity contribution is -0.120. The number of nitriles is 1. The van der Waals surface area contributed by atoms with Crippen molar-refractivity contribution >= 4 is 21.6 Å². The average Bonchev–Trinajstić information content (AvgIpc) is 2.80. The molecule has 9 heteroatoms. The Morgan fingerprint density at radius 3 is 2.23 bits per heavy atom. The quantitative estimate of drug-likeness (QED) is 0.735. The first-order chi connectivity index (χ1) is 14.8. The number of aryl methyl sites for hydroxylation is 1. The number of ether oxygens (including phenoxy) is 2. The van der Waals surface area contributed by atoms with Crippen molar-refractivity contribution in [3.05, 3.63) is 47.5 Å². The largest absolute Gasteiger partial charge is 0.493 e. The fraction of sp³-hybridized carbons (Fsp3) is 0.364. The van der Waals surface area contributed by atoms with E-state index in [1.807, 2.05) is 13.0 Å². The van der Waals surface area contributed by atoms with Crippen LogP contribution in [0.1, 0.15) is 24.0 Å². The fourth-order valence-electron chi connectivity index (χ4n) is 3.56. The van der Waals surface area contributed by atoms with Gasteiger partial charge in [-0.2, -0.15) is 9.57 Å². The number of anilines is 1. The number of hydrogen-bond acceptors (Lipinski definition) is 6. The SMILES string of the molecule is COc1cc(C)c(NC(=O)C2CCN(S(=O)(=O)c3ccc(C#N)cc3)CC2)cc1OC. The Labute approximate surface area is 182 Å². The summed E-state index contributed by atoms with van der Waals surface area (Å²) in [5, 5.41) is 11.8. The molecule has 0 spiro atoms. The lowest BCUT2D eigenvalue weighted by Gasteiger charge is -2.30. The van der Waals surface area contributed by atoms with Gasteiger partial charge in [0.15, 0.2) is 11.5 Å². The molecule has 1 aliphatic rings. The number of piperidine rings is 1. The van der Waals surface area contributed by atoms with E-state index in [2.05, 4.69) is 5.32 Å². The van der Waals surface area contributed by atoms with E-state index in [4.69, 9.17) is 14.7 Å². The van der Waals surface area contributed by atoms with Crippen LogP contribution < -0.4 is 14.8 Å². The Hall–Kier alpha value is -3.09. The number of rotatable bonds is 6. The number of carbonyl (C=O) groups is 1. The summed E-state index contributed by atoms with van der Waals surface area (Å²) in [6, 6.07) is 11.3. The molecule has 0 bridgehead atoms. The van der Waals surface area contributed by atoms with E-state index in [1.165, 1.54) is 35.7 Å². The molecule has 1 N–H and O–H groups in total. The molecule has 0 atom stereocenters. The van der Waals surface area contributed by atoms with Gasteiger partial charge in [0.2, 0.25) is 15.9 Å². The molecule has 3 rings (SSSR count). The van der Waals surface area contributed by atoms with Crippen LogP contribution in [0.5, 0.6) is 11.5 Å². The molecule has 2 aromatic carbocycles. The Morgan fingerprint density at radius 2 is 1.68 bits per heavy atom. The standard InChI is InChI=1S/C22H25N3O5S/c1-15-12-20(29-2)21(30-3)13-19(15)24-22(26)17-8-10-25(11-9-17)31(27,28)18-6-4-16(14-23)5-7-18/h4-7,12-13,17H,8-11H2,1-3H3,(H,24,26). The highest BCUT2D eigenvalue weighted by molar-refractivity contribution is 7.89. The Kier molecular flexibility index (Phi) is 6.83. The van der Waals surface area contributed by atoms with Gasteiger partial charge in [-0.15, -0.1) is 0 Å². The van der Waals surface area contributed by atoms with Crippen molar-refractivity contribution in [2.24, 2.45) is 5.92 Å².